The minimum absolute atomic E-state index is 0. The number of benzene rings is 2. The number of piperidine rings is 2. The summed E-state index contributed by atoms with van der Waals surface area (Å²) >= 11 is 10.4. The second kappa shape index (κ2) is 32.4. The largest absolute Gasteiger partial charge is 1.00 e. The van der Waals surface area contributed by atoms with Crippen molar-refractivity contribution in [2.45, 2.75) is 162 Å². The first kappa shape index (κ1) is 73.8. The van der Waals surface area contributed by atoms with Crippen LogP contribution in [0.1, 0.15) is 166 Å². The fraction of sp³-hybridized carbons (Fsp3) is 0.569. The molecule has 85 heavy (non-hydrogen) atoms. The molecule has 4 aliphatic heterocycles. The summed E-state index contributed by atoms with van der Waals surface area (Å²) in [6.07, 6.45) is 11.5. The van der Waals surface area contributed by atoms with Crippen LogP contribution in [0.25, 0.3) is 22.3 Å². The van der Waals surface area contributed by atoms with Crippen LogP contribution >= 0.6 is 106 Å². The first-order valence-corrected chi connectivity index (χ1v) is 30.4. The number of hydrogen-bond acceptors (Lipinski definition) is 17. The zero-order chi connectivity index (χ0) is 56.3. The van der Waals surface area contributed by atoms with E-state index in [0.29, 0.717) is 71.3 Å². The molecule has 8 heterocycles. The fourth-order valence-corrected chi connectivity index (χ4v) is 13.6. The summed E-state index contributed by atoms with van der Waals surface area (Å²) in [6.45, 7) is 13.5. The van der Waals surface area contributed by atoms with Crippen LogP contribution < -0.4 is 72.7 Å². The van der Waals surface area contributed by atoms with Gasteiger partial charge in [0, 0.05) is 51.6 Å². The Labute approximate surface area is 603 Å². The number of nitrogens with two attached hydrogens (primary N) is 1. The van der Waals surface area contributed by atoms with E-state index in [1.54, 1.807) is 4.68 Å². The standard InChI is InChI=1S/C31H39IN6O5.C13H14ClIN4O3.C13H18N2.CH4.2ClH.HI.K.H/c1-19(39)42-18-22-27(35-28-24(33-22)26(32)36-38(28)23-11-7-8-16-41-23)37-14-12-31(13-15-37)17-20-9-5-6-10-21(20)25(31)34-29(40)43-30(2,3)4;1-7(20)22-6-8-11(14)17-13-10(16-8)12(15)18-19(13)9-4-2-3-5-21-9;14-12-11-4-2-1-3-10(11)9-13(12)5-7-15-8-6-13;;;;;;/h5-6,9-10,23,25H,7-8,11-18H2,1-4H3,(H,34,40);9H,2-6H2,1H3;1-4,12,15H,5-9,14H2;1H4;3*1H;;/q;;;;;;;+1;-1/t23?,25-;;12-;;;;;;/m1.1....../s1. The summed E-state index contributed by atoms with van der Waals surface area (Å²) in [5, 5.41) is 16.1. The van der Waals surface area contributed by atoms with Gasteiger partial charge in [0.15, 0.2) is 42.1 Å². The van der Waals surface area contributed by atoms with Crippen LogP contribution in [0.4, 0.5) is 10.6 Å². The van der Waals surface area contributed by atoms with Gasteiger partial charge in [-0.05, 0) is 184 Å². The number of amides is 1. The number of ether oxygens (including phenoxy) is 5. The zero-order valence-electron chi connectivity index (χ0n) is 49.3. The number of nitrogens with zero attached hydrogens (tertiary/aromatic N) is 9. The van der Waals surface area contributed by atoms with Gasteiger partial charge in [-0.1, -0.05) is 67.6 Å². The van der Waals surface area contributed by atoms with Gasteiger partial charge in [0.25, 0.3) is 0 Å². The Morgan fingerprint density at radius 3 is 1.76 bits per heavy atom. The first-order valence-electron chi connectivity index (χ1n) is 27.8. The number of carbonyl (C=O) groups is 3. The summed E-state index contributed by atoms with van der Waals surface area (Å²) in [5.41, 5.74) is 15.0. The molecule has 0 saturated carbocycles. The van der Waals surface area contributed by atoms with E-state index in [1.807, 2.05) is 31.5 Å². The molecule has 2 unspecified atom stereocenters. The monoisotopic (exact) mass is 1600 g/mol. The van der Waals surface area contributed by atoms with Crippen molar-refractivity contribution < 1.29 is 90.9 Å². The molecule has 6 aliphatic rings. The van der Waals surface area contributed by atoms with Gasteiger partial charge in [-0.2, -0.15) is 10.2 Å². The summed E-state index contributed by atoms with van der Waals surface area (Å²) in [7, 11) is 0. The number of alkyl carbamates (subject to hydrolysis) is 1. The number of halogens is 6. The molecule has 0 radical (unpaired) electrons. The fourth-order valence-electron chi connectivity index (χ4n) is 12.2. The number of hydrogen-bond donors (Lipinski definition) is 3. The van der Waals surface area contributed by atoms with E-state index < -0.39 is 11.7 Å². The average Bonchev–Trinajstić information content (AvgIpc) is 1.81. The SMILES string of the molecule is C.CC(=O)OCc1nc2c(I)nn(C3CCCCO3)c2nc1Cl.CC(=O)OCc1nc2c(I)nn(C3CCCCO3)c2nc1N1CCC2(CC1)Cc1ccccc1[C@H]2NC(=O)OC(C)(C)C.Cl.Cl.I.N[C@@H]1c2ccccc2CC12CCNCC2.[H-].[K+]. The van der Waals surface area contributed by atoms with Gasteiger partial charge in [0.1, 0.15) is 41.2 Å². The average molecular weight is 1600 g/mol. The number of aromatic nitrogens is 8. The molecule has 4 aromatic heterocycles. The Morgan fingerprint density at radius 2 is 1.25 bits per heavy atom. The molecular formula is C58H79Cl3I3KN12O8. The van der Waals surface area contributed by atoms with E-state index >= 15 is 0 Å². The van der Waals surface area contributed by atoms with Crippen molar-refractivity contribution >= 4 is 152 Å². The molecule has 2 aromatic carbocycles. The van der Waals surface area contributed by atoms with Gasteiger partial charge in [0.05, 0.1) is 6.04 Å². The number of anilines is 1. The summed E-state index contributed by atoms with van der Waals surface area (Å²) in [5.74, 6) is -0.0608. The van der Waals surface area contributed by atoms with Crippen molar-refractivity contribution in [1.82, 2.24) is 50.1 Å². The third-order valence-electron chi connectivity index (χ3n) is 16.2. The molecule has 0 bridgehead atoms. The minimum atomic E-state index is -0.582. The molecule has 2 spiro atoms. The summed E-state index contributed by atoms with van der Waals surface area (Å²) < 4.78 is 32.9. The van der Waals surface area contributed by atoms with Crippen molar-refractivity contribution in [2.24, 2.45) is 16.6 Å². The Bertz CT molecular complexity index is 3250. The number of rotatable bonds is 8. The molecule has 4 fully saturated rings. The van der Waals surface area contributed by atoms with Crippen LogP contribution in [-0.4, -0.2) is 103 Å². The zero-order valence-corrected chi connectivity index (χ0v) is 60.5. The molecule has 462 valence electrons. The minimum Gasteiger partial charge on any atom is -1.00 e. The molecule has 4 atom stereocenters. The van der Waals surface area contributed by atoms with Gasteiger partial charge in [0.2, 0.25) is 0 Å². The van der Waals surface area contributed by atoms with Crippen molar-refractivity contribution in [3.8, 4) is 0 Å². The molecule has 6 aromatic rings. The molecule has 2 aliphatic carbocycles. The topological polar surface area (TPSA) is 238 Å². The smallest absolute Gasteiger partial charge is 1.00 e. The molecule has 27 heteroatoms. The number of esters is 2. The van der Waals surface area contributed by atoms with Crippen LogP contribution in [0.5, 0.6) is 0 Å². The Hall–Kier alpha value is -1.91. The van der Waals surface area contributed by atoms with Crippen molar-refractivity contribution in [3.05, 3.63) is 94.7 Å². The van der Waals surface area contributed by atoms with Gasteiger partial charge in [-0.15, -0.1) is 48.8 Å². The Balaban J connectivity index is 0.000000308. The number of carbonyl (C=O) groups excluding carboxylic acids is 3. The second-order valence-electron chi connectivity index (χ2n) is 22.7. The van der Waals surface area contributed by atoms with Crippen molar-refractivity contribution in [1.29, 1.82) is 0 Å². The van der Waals surface area contributed by atoms with E-state index in [1.165, 1.54) is 49.8 Å². The quantitative estimate of drug-likeness (QED) is 0.0557. The molecule has 4 saturated heterocycles. The number of fused-ring (bicyclic) bond motifs is 4. The third kappa shape index (κ3) is 17.2. The van der Waals surface area contributed by atoms with Gasteiger partial charge < -0.3 is 46.4 Å². The summed E-state index contributed by atoms with van der Waals surface area (Å²) in [6, 6.07) is 17.2. The van der Waals surface area contributed by atoms with Crippen molar-refractivity contribution in [3.63, 3.8) is 0 Å². The van der Waals surface area contributed by atoms with E-state index in [4.69, 9.17) is 56.1 Å². The normalized spacial score (nSPS) is 20.6. The van der Waals surface area contributed by atoms with E-state index in [9.17, 15) is 14.4 Å². The predicted octanol–water partition coefficient (Wildman–Crippen LogP) is 9.27. The summed E-state index contributed by atoms with van der Waals surface area (Å²) in [4.78, 5) is 56.8. The molecule has 20 nitrogen and oxygen atoms in total. The van der Waals surface area contributed by atoms with Gasteiger partial charge in [-0.25, -0.2) is 34.1 Å². The van der Waals surface area contributed by atoms with E-state index in [2.05, 4.69) is 118 Å². The van der Waals surface area contributed by atoms with Crippen LogP contribution in [0, 0.1) is 18.2 Å². The molecular weight excluding hydrogens is 1520 g/mol. The maximum Gasteiger partial charge on any atom is 1.00 e. The van der Waals surface area contributed by atoms with Crippen LogP contribution in [0.2, 0.25) is 5.15 Å². The van der Waals surface area contributed by atoms with Crippen LogP contribution in [-0.2, 0) is 59.3 Å². The predicted molar refractivity (Wildman–Crippen MR) is 355 cm³/mol. The maximum absolute atomic E-state index is 13.0. The molecule has 1 amide bonds. The van der Waals surface area contributed by atoms with E-state index in [-0.39, 0.29) is 169 Å². The Morgan fingerprint density at radius 1 is 0.753 bits per heavy atom. The molecule has 12 rings (SSSR count). The van der Waals surface area contributed by atoms with E-state index in [0.717, 1.165) is 83.8 Å². The Kier molecular flexibility index (Phi) is 28.1. The number of nitrogens with one attached hydrogen (secondary N) is 2. The van der Waals surface area contributed by atoms with Gasteiger partial charge in [-0.3, -0.25) is 9.59 Å². The maximum atomic E-state index is 13.0. The van der Waals surface area contributed by atoms with Crippen molar-refractivity contribution in [2.75, 3.05) is 44.3 Å². The first-order chi connectivity index (χ1) is 38.4. The third-order valence-corrected chi connectivity index (χ3v) is 17.9. The molecule has 4 N–H and O–H groups in total. The van der Waals surface area contributed by atoms with Gasteiger partial charge >= 0.3 is 69.4 Å². The van der Waals surface area contributed by atoms with Crippen LogP contribution in [0.15, 0.2) is 48.5 Å². The second-order valence-corrected chi connectivity index (χ2v) is 25.1. The van der Waals surface area contributed by atoms with Crippen LogP contribution in [0.3, 0.4) is 0 Å².